The number of hydrogen-bond donors (Lipinski definition) is 0. The number of amides is 1. The Morgan fingerprint density at radius 3 is 2.62 bits per heavy atom. The molecule has 0 aromatic heterocycles. The van der Waals surface area contributed by atoms with Gasteiger partial charge in [0.15, 0.2) is 0 Å². The highest BCUT2D eigenvalue weighted by Gasteiger charge is 2.29. The van der Waals surface area contributed by atoms with Gasteiger partial charge in [0.1, 0.15) is 11.5 Å². The number of rotatable bonds is 3. The number of carbonyl (C=O) groups is 2. The van der Waals surface area contributed by atoms with E-state index in [4.69, 9.17) is 14.2 Å². The number of ether oxygens (including phenoxy) is 3. The van der Waals surface area contributed by atoms with E-state index in [1.54, 1.807) is 23.2 Å². The van der Waals surface area contributed by atoms with E-state index in [-0.39, 0.29) is 17.7 Å². The Morgan fingerprint density at radius 1 is 1.23 bits per heavy atom. The largest absolute Gasteiger partial charge is 0.465 e. The smallest absolute Gasteiger partial charge is 0.337 e. The Bertz CT molecular complexity index is 719. The summed E-state index contributed by atoms with van der Waals surface area (Å²) in [5.74, 6) is 1.06. The molecule has 2 aliphatic rings. The Balaban J connectivity index is 1.91. The average molecular weight is 359 g/mol. The zero-order valence-electron chi connectivity index (χ0n) is 15.5. The number of hydrogen-bond acceptors (Lipinski definition) is 5. The predicted octanol–water partition coefficient (Wildman–Crippen LogP) is 3.12. The van der Waals surface area contributed by atoms with Crippen LogP contribution in [0.4, 0.5) is 0 Å². The molecular weight excluding hydrogens is 334 g/mol. The zero-order chi connectivity index (χ0) is 18.7. The first-order chi connectivity index (χ1) is 12.5. The molecule has 0 unspecified atom stereocenters. The fraction of sp³-hybridized carbons (Fsp3) is 0.500. The van der Waals surface area contributed by atoms with Crippen LogP contribution in [-0.4, -0.2) is 37.1 Å². The molecule has 1 aromatic carbocycles. The normalized spacial score (nSPS) is 17.8. The van der Waals surface area contributed by atoms with E-state index in [0.717, 1.165) is 18.4 Å². The monoisotopic (exact) mass is 359 g/mol. The Hall–Kier alpha value is -2.34. The molecule has 1 fully saturated rings. The maximum atomic E-state index is 13.0. The van der Waals surface area contributed by atoms with Crippen molar-refractivity contribution in [2.75, 3.05) is 20.3 Å². The highest BCUT2D eigenvalue weighted by atomic mass is 16.5. The number of nitrogens with zero attached hydrogens (tertiary/aromatic N) is 1. The van der Waals surface area contributed by atoms with E-state index >= 15 is 0 Å². The van der Waals surface area contributed by atoms with Crippen LogP contribution in [0, 0.1) is 11.8 Å². The van der Waals surface area contributed by atoms with Crippen molar-refractivity contribution in [2.24, 2.45) is 11.8 Å². The maximum absolute atomic E-state index is 13.0. The third-order valence-corrected chi connectivity index (χ3v) is 4.76. The summed E-state index contributed by atoms with van der Waals surface area (Å²) < 4.78 is 16.2. The molecule has 1 saturated heterocycles. The van der Waals surface area contributed by atoms with Gasteiger partial charge in [0.05, 0.1) is 19.2 Å². The van der Waals surface area contributed by atoms with E-state index in [9.17, 15) is 9.59 Å². The highest BCUT2D eigenvalue weighted by molar-refractivity contribution is 5.90. The van der Waals surface area contributed by atoms with Crippen molar-refractivity contribution in [3.8, 4) is 5.75 Å². The molecular formula is C20H25NO5. The Labute approximate surface area is 153 Å². The Kier molecular flexibility index (Phi) is 5.61. The first-order valence-corrected chi connectivity index (χ1v) is 8.98. The number of benzene rings is 1. The van der Waals surface area contributed by atoms with Gasteiger partial charge in [0.25, 0.3) is 0 Å². The second-order valence-corrected chi connectivity index (χ2v) is 6.96. The van der Waals surface area contributed by atoms with Crippen LogP contribution >= 0.6 is 0 Å². The van der Waals surface area contributed by atoms with Crippen LogP contribution in [0.1, 0.15) is 42.6 Å². The van der Waals surface area contributed by atoms with Crippen LogP contribution in [0.25, 0.3) is 0 Å². The van der Waals surface area contributed by atoms with Gasteiger partial charge in [-0.25, -0.2) is 4.79 Å². The van der Waals surface area contributed by atoms with Crippen LogP contribution < -0.4 is 4.74 Å². The van der Waals surface area contributed by atoms with Crippen molar-refractivity contribution in [3.05, 3.63) is 41.3 Å². The molecule has 0 aliphatic carbocycles. The van der Waals surface area contributed by atoms with Crippen molar-refractivity contribution in [1.29, 1.82) is 0 Å². The first kappa shape index (κ1) is 18.5. The lowest BCUT2D eigenvalue weighted by Gasteiger charge is -2.26. The second kappa shape index (κ2) is 7.91. The van der Waals surface area contributed by atoms with E-state index in [0.29, 0.717) is 36.8 Å². The van der Waals surface area contributed by atoms with Crippen LogP contribution in [0.15, 0.2) is 30.2 Å². The van der Waals surface area contributed by atoms with Crippen LogP contribution in [0.2, 0.25) is 0 Å². The summed E-state index contributed by atoms with van der Waals surface area (Å²) >= 11 is 0. The van der Waals surface area contributed by atoms with Crippen LogP contribution in [0.3, 0.4) is 0 Å². The second-order valence-electron chi connectivity index (χ2n) is 6.96. The van der Waals surface area contributed by atoms with Gasteiger partial charge in [-0.3, -0.25) is 4.79 Å². The fourth-order valence-electron chi connectivity index (χ4n) is 3.15. The first-order valence-electron chi connectivity index (χ1n) is 8.98. The third kappa shape index (κ3) is 3.90. The zero-order valence-corrected chi connectivity index (χ0v) is 15.5. The summed E-state index contributed by atoms with van der Waals surface area (Å²) in [6.07, 6.45) is 3.30. The topological polar surface area (TPSA) is 65.1 Å². The molecule has 140 valence electrons. The van der Waals surface area contributed by atoms with Gasteiger partial charge < -0.3 is 19.1 Å². The lowest BCUT2D eigenvalue weighted by molar-refractivity contribution is -0.136. The van der Waals surface area contributed by atoms with Crippen molar-refractivity contribution in [2.45, 2.75) is 33.2 Å². The minimum Gasteiger partial charge on any atom is -0.465 e. The molecule has 0 N–H and O–H groups in total. The molecule has 0 spiro atoms. The molecule has 6 nitrogen and oxygen atoms in total. The summed E-state index contributed by atoms with van der Waals surface area (Å²) in [4.78, 5) is 26.6. The molecule has 26 heavy (non-hydrogen) atoms. The van der Waals surface area contributed by atoms with Gasteiger partial charge >= 0.3 is 5.97 Å². The van der Waals surface area contributed by atoms with Crippen molar-refractivity contribution < 1.29 is 23.8 Å². The van der Waals surface area contributed by atoms with Crippen molar-refractivity contribution >= 4 is 11.9 Å². The highest BCUT2D eigenvalue weighted by Crippen LogP contribution is 2.31. The molecule has 1 amide bonds. The van der Waals surface area contributed by atoms with Gasteiger partial charge in [-0.15, -0.1) is 0 Å². The fourth-order valence-corrected chi connectivity index (χ4v) is 3.15. The quantitative estimate of drug-likeness (QED) is 0.776. The lowest BCUT2D eigenvalue weighted by Crippen LogP contribution is -2.35. The lowest BCUT2D eigenvalue weighted by atomic mass is 9.98. The number of esters is 1. The van der Waals surface area contributed by atoms with Gasteiger partial charge in [-0.05, 0) is 25.0 Å². The molecule has 3 rings (SSSR count). The number of fused-ring (bicyclic) bond motifs is 1. The predicted molar refractivity (Wildman–Crippen MR) is 95.4 cm³/mol. The average Bonchev–Trinajstić information content (AvgIpc) is 2.86. The van der Waals surface area contributed by atoms with Gasteiger partial charge in [0, 0.05) is 36.8 Å². The van der Waals surface area contributed by atoms with E-state index in [2.05, 4.69) is 0 Å². The summed E-state index contributed by atoms with van der Waals surface area (Å²) in [6, 6.07) is 5.20. The number of carbonyl (C=O) groups excluding carboxylic acids is 2. The summed E-state index contributed by atoms with van der Waals surface area (Å²) in [7, 11) is 1.35. The molecule has 1 aromatic rings. The minimum atomic E-state index is -0.411. The summed E-state index contributed by atoms with van der Waals surface area (Å²) in [6.45, 7) is 5.69. The molecule has 2 aliphatic heterocycles. The minimum absolute atomic E-state index is 0.0238. The standard InChI is InChI=1S/C20H25NO5/c1-13(2)18-12-21(19(22)14-6-8-25-9-7-14)11-16-5-4-15(20(23)24-3)10-17(16)26-18/h4-5,10,12-14H,6-9,11H2,1-3H3. The SMILES string of the molecule is COC(=O)c1ccc2c(c1)OC(C(C)C)=CN(C(=O)C1CCOCC1)C2. The summed E-state index contributed by atoms with van der Waals surface area (Å²) in [5, 5.41) is 0. The molecule has 0 saturated carbocycles. The molecule has 0 bridgehead atoms. The van der Waals surface area contributed by atoms with Gasteiger partial charge in [0.2, 0.25) is 5.91 Å². The van der Waals surface area contributed by atoms with Gasteiger partial charge in [-0.2, -0.15) is 0 Å². The van der Waals surface area contributed by atoms with Gasteiger partial charge in [-0.1, -0.05) is 19.9 Å². The molecule has 0 atom stereocenters. The summed E-state index contributed by atoms with van der Waals surface area (Å²) in [5.41, 5.74) is 1.29. The van der Waals surface area contributed by atoms with E-state index in [1.807, 2.05) is 19.9 Å². The number of methoxy groups -OCH3 is 1. The molecule has 0 radical (unpaired) electrons. The van der Waals surface area contributed by atoms with Crippen LogP contribution in [-0.2, 0) is 20.8 Å². The number of allylic oxidation sites excluding steroid dienone is 1. The maximum Gasteiger partial charge on any atom is 0.337 e. The molecule has 6 heteroatoms. The van der Waals surface area contributed by atoms with Crippen molar-refractivity contribution in [1.82, 2.24) is 4.90 Å². The molecule has 2 heterocycles. The third-order valence-electron chi connectivity index (χ3n) is 4.76. The van der Waals surface area contributed by atoms with E-state index < -0.39 is 5.97 Å². The van der Waals surface area contributed by atoms with Crippen molar-refractivity contribution in [3.63, 3.8) is 0 Å². The van der Waals surface area contributed by atoms with Crippen LogP contribution in [0.5, 0.6) is 5.75 Å². The van der Waals surface area contributed by atoms with E-state index in [1.165, 1.54) is 7.11 Å². The Morgan fingerprint density at radius 2 is 1.96 bits per heavy atom.